The van der Waals surface area contributed by atoms with Crippen LogP contribution in [0.1, 0.15) is 9.67 Å². The van der Waals surface area contributed by atoms with Crippen molar-refractivity contribution in [3.63, 3.8) is 0 Å². The Bertz CT molecular complexity index is 1060. The molecule has 4 rings (SSSR count). The molecule has 0 aliphatic carbocycles. The van der Waals surface area contributed by atoms with E-state index in [1.165, 1.54) is 17.7 Å². The van der Waals surface area contributed by atoms with E-state index in [1.807, 2.05) is 41.9 Å². The SMILES string of the molecule is O=C(Nc1ccc(Nc2cc(-n3cccn3)ncn2)cc1)c1cc(Br)cs1. The fourth-order valence-electron chi connectivity index (χ4n) is 2.35. The molecule has 0 unspecified atom stereocenters. The Balaban J connectivity index is 1.44. The summed E-state index contributed by atoms with van der Waals surface area (Å²) in [5.74, 6) is 1.19. The van der Waals surface area contributed by atoms with Crippen molar-refractivity contribution in [2.75, 3.05) is 10.6 Å². The molecule has 0 saturated heterocycles. The van der Waals surface area contributed by atoms with E-state index < -0.39 is 0 Å². The Morgan fingerprint density at radius 1 is 1.11 bits per heavy atom. The van der Waals surface area contributed by atoms with Crippen LogP contribution in [0, 0.1) is 0 Å². The minimum atomic E-state index is -0.133. The van der Waals surface area contributed by atoms with E-state index in [2.05, 4.69) is 41.6 Å². The molecule has 7 nitrogen and oxygen atoms in total. The first-order valence-corrected chi connectivity index (χ1v) is 9.59. The number of nitrogens with zero attached hydrogens (tertiary/aromatic N) is 4. The molecule has 3 aromatic heterocycles. The van der Waals surface area contributed by atoms with Crippen LogP contribution in [-0.4, -0.2) is 25.7 Å². The van der Waals surface area contributed by atoms with Gasteiger partial charge in [-0.05, 0) is 52.3 Å². The zero-order chi connectivity index (χ0) is 18.6. The van der Waals surface area contributed by atoms with E-state index >= 15 is 0 Å². The standard InChI is InChI=1S/C18H13BrN6OS/c19-12-8-15(27-10-12)18(26)24-14-4-2-13(3-5-14)23-16-9-17(21-11-20-16)25-7-1-6-22-25/h1-11H,(H,24,26)(H,20,21,23). The maximum absolute atomic E-state index is 12.2. The molecule has 0 atom stereocenters. The molecule has 0 saturated carbocycles. The third kappa shape index (κ3) is 4.21. The van der Waals surface area contributed by atoms with Gasteiger partial charge in [-0.1, -0.05) is 0 Å². The number of halogens is 1. The number of rotatable bonds is 5. The lowest BCUT2D eigenvalue weighted by atomic mass is 10.2. The van der Waals surface area contributed by atoms with Crippen LogP contribution in [-0.2, 0) is 0 Å². The van der Waals surface area contributed by atoms with E-state index in [1.54, 1.807) is 23.0 Å². The Kier molecular flexibility index (Phi) is 4.95. The maximum Gasteiger partial charge on any atom is 0.265 e. The van der Waals surface area contributed by atoms with Crippen molar-refractivity contribution in [3.8, 4) is 5.82 Å². The first kappa shape index (κ1) is 17.4. The zero-order valence-corrected chi connectivity index (χ0v) is 16.2. The molecule has 0 fully saturated rings. The van der Waals surface area contributed by atoms with Gasteiger partial charge in [-0.2, -0.15) is 5.10 Å². The van der Waals surface area contributed by atoms with Crippen LogP contribution in [0.4, 0.5) is 17.2 Å². The van der Waals surface area contributed by atoms with E-state index in [9.17, 15) is 4.79 Å². The number of aromatic nitrogens is 4. The first-order chi connectivity index (χ1) is 13.2. The Morgan fingerprint density at radius 3 is 2.63 bits per heavy atom. The predicted octanol–water partition coefficient (Wildman–Crippen LogP) is 4.48. The molecule has 0 bridgehead atoms. The Morgan fingerprint density at radius 2 is 1.93 bits per heavy atom. The molecule has 0 aliphatic rings. The largest absolute Gasteiger partial charge is 0.340 e. The number of amides is 1. The minimum absolute atomic E-state index is 0.133. The summed E-state index contributed by atoms with van der Waals surface area (Å²) in [6.45, 7) is 0. The molecule has 9 heteroatoms. The van der Waals surface area contributed by atoms with Gasteiger partial charge in [0.2, 0.25) is 0 Å². The summed E-state index contributed by atoms with van der Waals surface area (Å²) in [5.41, 5.74) is 1.56. The number of carbonyl (C=O) groups excluding carboxylic acids is 1. The van der Waals surface area contributed by atoms with Crippen LogP contribution < -0.4 is 10.6 Å². The van der Waals surface area contributed by atoms with Gasteiger partial charge in [-0.3, -0.25) is 4.79 Å². The van der Waals surface area contributed by atoms with Gasteiger partial charge in [0.1, 0.15) is 12.1 Å². The quantitative estimate of drug-likeness (QED) is 0.477. The average Bonchev–Trinajstić information content (AvgIpc) is 3.35. The topological polar surface area (TPSA) is 84.7 Å². The second kappa shape index (κ2) is 7.68. The summed E-state index contributed by atoms with van der Waals surface area (Å²) in [6.07, 6.45) is 4.99. The summed E-state index contributed by atoms with van der Waals surface area (Å²) in [7, 11) is 0. The average molecular weight is 441 g/mol. The molecule has 4 aromatic rings. The molecule has 0 radical (unpaired) electrons. The van der Waals surface area contributed by atoms with Gasteiger partial charge in [-0.25, -0.2) is 14.6 Å². The lowest BCUT2D eigenvalue weighted by Gasteiger charge is -2.08. The molecular weight excluding hydrogens is 428 g/mol. The highest BCUT2D eigenvalue weighted by molar-refractivity contribution is 9.10. The van der Waals surface area contributed by atoms with Gasteiger partial charge in [-0.15, -0.1) is 11.3 Å². The van der Waals surface area contributed by atoms with Crippen molar-refractivity contribution in [3.05, 3.63) is 75.9 Å². The summed E-state index contributed by atoms with van der Waals surface area (Å²) < 4.78 is 2.56. The number of thiophene rings is 1. The second-order valence-electron chi connectivity index (χ2n) is 5.50. The van der Waals surface area contributed by atoms with Crippen molar-refractivity contribution >= 4 is 50.4 Å². The van der Waals surface area contributed by atoms with Gasteiger partial charge in [0.05, 0.1) is 4.88 Å². The fraction of sp³-hybridized carbons (Fsp3) is 0. The number of carbonyl (C=O) groups is 1. The van der Waals surface area contributed by atoms with Crippen LogP contribution in [0.5, 0.6) is 0 Å². The highest BCUT2D eigenvalue weighted by Gasteiger charge is 2.09. The van der Waals surface area contributed by atoms with Gasteiger partial charge < -0.3 is 10.6 Å². The van der Waals surface area contributed by atoms with Crippen LogP contribution in [0.3, 0.4) is 0 Å². The van der Waals surface area contributed by atoms with E-state index in [0.29, 0.717) is 16.5 Å². The molecule has 0 spiro atoms. The number of nitrogens with one attached hydrogen (secondary N) is 2. The third-order valence-corrected chi connectivity index (χ3v) is 5.29. The number of hydrogen-bond donors (Lipinski definition) is 2. The second-order valence-corrected chi connectivity index (χ2v) is 7.32. The van der Waals surface area contributed by atoms with Gasteiger partial charge in [0.15, 0.2) is 5.82 Å². The molecule has 27 heavy (non-hydrogen) atoms. The van der Waals surface area contributed by atoms with Crippen molar-refractivity contribution in [2.24, 2.45) is 0 Å². The van der Waals surface area contributed by atoms with E-state index in [-0.39, 0.29) is 5.91 Å². The van der Waals surface area contributed by atoms with Crippen molar-refractivity contribution in [2.45, 2.75) is 0 Å². The number of benzene rings is 1. The minimum Gasteiger partial charge on any atom is -0.340 e. The molecule has 0 aliphatic heterocycles. The summed E-state index contributed by atoms with van der Waals surface area (Å²) in [4.78, 5) is 21.3. The Labute approximate surface area is 167 Å². The summed E-state index contributed by atoms with van der Waals surface area (Å²) in [6, 6.07) is 12.8. The van der Waals surface area contributed by atoms with Crippen LogP contribution in [0.25, 0.3) is 5.82 Å². The van der Waals surface area contributed by atoms with Gasteiger partial charge in [0, 0.05) is 39.7 Å². The van der Waals surface area contributed by atoms with Crippen molar-refractivity contribution in [1.82, 2.24) is 19.7 Å². The number of anilines is 3. The molecular formula is C18H13BrN6OS. The fourth-order valence-corrected chi connectivity index (χ4v) is 3.68. The van der Waals surface area contributed by atoms with Gasteiger partial charge >= 0.3 is 0 Å². The lowest BCUT2D eigenvalue weighted by molar-refractivity contribution is 0.103. The predicted molar refractivity (Wildman–Crippen MR) is 109 cm³/mol. The molecule has 1 aromatic carbocycles. The third-order valence-electron chi connectivity index (χ3n) is 3.60. The Hall–Kier alpha value is -3.04. The maximum atomic E-state index is 12.2. The molecule has 1 amide bonds. The monoisotopic (exact) mass is 440 g/mol. The van der Waals surface area contributed by atoms with Crippen LogP contribution in [0.15, 0.2) is 71.0 Å². The van der Waals surface area contributed by atoms with Crippen molar-refractivity contribution < 1.29 is 4.79 Å². The van der Waals surface area contributed by atoms with Crippen LogP contribution >= 0.6 is 27.3 Å². The smallest absolute Gasteiger partial charge is 0.265 e. The molecule has 134 valence electrons. The number of hydrogen-bond acceptors (Lipinski definition) is 6. The van der Waals surface area contributed by atoms with Crippen molar-refractivity contribution in [1.29, 1.82) is 0 Å². The van der Waals surface area contributed by atoms with E-state index in [0.717, 1.165) is 15.8 Å². The highest BCUT2D eigenvalue weighted by atomic mass is 79.9. The first-order valence-electron chi connectivity index (χ1n) is 7.92. The normalized spacial score (nSPS) is 10.6. The molecule has 3 heterocycles. The van der Waals surface area contributed by atoms with E-state index in [4.69, 9.17) is 0 Å². The highest BCUT2D eigenvalue weighted by Crippen LogP contribution is 2.22. The summed E-state index contributed by atoms with van der Waals surface area (Å²) in [5, 5.41) is 12.1. The molecule has 2 N–H and O–H groups in total. The zero-order valence-electron chi connectivity index (χ0n) is 13.8. The van der Waals surface area contributed by atoms with Crippen LogP contribution in [0.2, 0.25) is 0 Å². The summed E-state index contributed by atoms with van der Waals surface area (Å²) >= 11 is 4.74. The lowest BCUT2D eigenvalue weighted by Crippen LogP contribution is -2.09. The van der Waals surface area contributed by atoms with Gasteiger partial charge in [0.25, 0.3) is 5.91 Å².